The second-order valence-electron chi connectivity index (χ2n) is 5.91. The van der Waals surface area contributed by atoms with Gasteiger partial charge in [0.05, 0.1) is 6.61 Å². The number of esters is 1. The van der Waals surface area contributed by atoms with Crippen molar-refractivity contribution in [2.45, 2.75) is 26.2 Å². The van der Waals surface area contributed by atoms with Gasteiger partial charge in [-0.1, -0.05) is 24.3 Å². The van der Waals surface area contributed by atoms with Gasteiger partial charge in [-0.05, 0) is 43.7 Å². The average molecular weight is 315 g/mol. The van der Waals surface area contributed by atoms with Crippen LogP contribution in [0, 0.1) is 11.8 Å². The van der Waals surface area contributed by atoms with Crippen LogP contribution < -0.4 is 0 Å². The van der Waals surface area contributed by atoms with E-state index in [9.17, 15) is 9.59 Å². The standard InChI is InChI=1S/C19H25NO3/c1-3-15-14-20(19(22)17-8-6-5-7-9-17)13-12-16(15)10-11-18(21)23-4-2/h3,5-9,15-16H,1,4,10-14H2,2H3. The van der Waals surface area contributed by atoms with Crippen molar-refractivity contribution in [3.05, 3.63) is 48.6 Å². The van der Waals surface area contributed by atoms with Crippen LogP contribution in [-0.4, -0.2) is 36.5 Å². The SMILES string of the molecule is C=CC1CN(C(=O)c2ccccc2)CCC1CCC(=O)OCC. The molecule has 124 valence electrons. The number of likely N-dealkylation sites (tertiary alicyclic amines) is 1. The summed E-state index contributed by atoms with van der Waals surface area (Å²) < 4.78 is 4.99. The Balaban J connectivity index is 1.92. The monoisotopic (exact) mass is 315 g/mol. The number of amides is 1. The molecule has 0 radical (unpaired) electrons. The second-order valence-corrected chi connectivity index (χ2v) is 5.91. The Morgan fingerprint density at radius 1 is 1.35 bits per heavy atom. The molecule has 0 bridgehead atoms. The molecule has 1 aromatic rings. The molecule has 1 amide bonds. The van der Waals surface area contributed by atoms with Gasteiger partial charge in [0.25, 0.3) is 5.91 Å². The maximum atomic E-state index is 12.5. The molecule has 4 nitrogen and oxygen atoms in total. The number of nitrogens with zero attached hydrogens (tertiary/aromatic N) is 1. The van der Waals surface area contributed by atoms with Crippen molar-refractivity contribution in [2.75, 3.05) is 19.7 Å². The molecular weight excluding hydrogens is 290 g/mol. The Bertz CT molecular complexity index is 541. The van der Waals surface area contributed by atoms with Crippen LogP contribution in [0.1, 0.15) is 36.5 Å². The van der Waals surface area contributed by atoms with Crippen molar-refractivity contribution in [1.82, 2.24) is 4.90 Å². The molecule has 0 spiro atoms. The minimum atomic E-state index is -0.141. The first-order valence-corrected chi connectivity index (χ1v) is 8.28. The lowest BCUT2D eigenvalue weighted by Gasteiger charge is -2.37. The van der Waals surface area contributed by atoms with E-state index in [-0.39, 0.29) is 17.8 Å². The third-order valence-corrected chi connectivity index (χ3v) is 4.44. The van der Waals surface area contributed by atoms with Crippen molar-refractivity contribution < 1.29 is 14.3 Å². The lowest BCUT2D eigenvalue weighted by atomic mass is 9.82. The number of hydrogen-bond acceptors (Lipinski definition) is 3. The Morgan fingerprint density at radius 2 is 2.09 bits per heavy atom. The Kier molecular flexibility index (Phi) is 6.39. The lowest BCUT2D eigenvalue weighted by Crippen LogP contribution is -2.43. The molecule has 0 saturated carbocycles. The van der Waals surface area contributed by atoms with E-state index in [1.807, 2.05) is 48.2 Å². The van der Waals surface area contributed by atoms with Crippen molar-refractivity contribution in [1.29, 1.82) is 0 Å². The Morgan fingerprint density at radius 3 is 2.74 bits per heavy atom. The van der Waals surface area contributed by atoms with Crippen molar-refractivity contribution in [3.63, 3.8) is 0 Å². The molecule has 1 aromatic carbocycles. The summed E-state index contributed by atoms with van der Waals surface area (Å²) in [5.41, 5.74) is 0.722. The summed E-state index contributed by atoms with van der Waals surface area (Å²) in [7, 11) is 0. The summed E-state index contributed by atoms with van der Waals surface area (Å²) >= 11 is 0. The third kappa shape index (κ3) is 4.68. The molecule has 2 unspecified atom stereocenters. The van der Waals surface area contributed by atoms with Gasteiger partial charge in [-0.25, -0.2) is 0 Å². The molecule has 0 aliphatic carbocycles. The molecule has 1 heterocycles. The summed E-state index contributed by atoms with van der Waals surface area (Å²) in [4.78, 5) is 26.0. The third-order valence-electron chi connectivity index (χ3n) is 4.44. The van der Waals surface area contributed by atoms with Crippen LogP contribution in [0.25, 0.3) is 0 Å². The Hall–Kier alpha value is -2.10. The molecule has 1 aliphatic heterocycles. The van der Waals surface area contributed by atoms with Gasteiger partial charge in [0.15, 0.2) is 0 Å². The number of ether oxygens (including phenoxy) is 1. The summed E-state index contributed by atoms with van der Waals surface area (Å²) in [6.45, 7) is 7.55. The predicted molar refractivity (Wildman–Crippen MR) is 90.0 cm³/mol. The molecular formula is C19H25NO3. The van der Waals surface area contributed by atoms with E-state index in [1.54, 1.807) is 0 Å². The largest absolute Gasteiger partial charge is 0.466 e. The number of carbonyl (C=O) groups is 2. The molecule has 0 aromatic heterocycles. The molecule has 1 saturated heterocycles. The fourth-order valence-electron chi connectivity index (χ4n) is 3.14. The quantitative estimate of drug-likeness (QED) is 0.598. The molecule has 23 heavy (non-hydrogen) atoms. The fourth-order valence-corrected chi connectivity index (χ4v) is 3.14. The normalized spacial score (nSPS) is 20.8. The van der Waals surface area contributed by atoms with Gasteiger partial charge >= 0.3 is 5.97 Å². The van der Waals surface area contributed by atoms with Crippen molar-refractivity contribution >= 4 is 11.9 Å². The van der Waals surface area contributed by atoms with Gasteiger partial charge in [-0.15, -0.1) is 6.58 Å². The first kappa shape index (κ1) is 17.3. The first-order valence-electron chi connectivity index (χ1n) is 8.28. The molecule has 1 fully saturated rings. The summed E-state index contributed by atoms with van der Waals surface area (Å²) in [6.07, 6.45) is 4.05. The van der Waals surface area contributed by atoms with Crippen LogP contribution in [0.5, 0.6) is 0 Å². The predicted octanol–water partition coefficient (Wildman–Crippen LogP) is 3.29. The maximum absolute atomic E-state index is 12.5. The molecule has 1 aliphatic rings. The van der Waals surface area contributed by atoms with Gasteiger partial charge in [0.2, 0.25) is 0 Å². The Labute approximate surface area is 138 Å². The first-order chi connectivity index (χ1) is 11.2. The van der Waals surface area contributed by atoms with Gasteiger partial charge in [0, 0.05) is 25.1 Å². The van der Waals surface area contributed by atoms with Crippen LogP contribution >= 0.6 is 0 Å². The summed E-state index contributed by atoms with van der Waals surface area (Å²) in [6, 6.07) is 9.36. The zero-order valence-electron chi connectivity index (χ0n) is 13.7. The van der Waals surface area contributed by atoms with E-state index in [2.05, 4.69) is 6.58 Å². The maximum Gasteiger partial charge on any atom is 0.305 e. The molecule has 2 atom stereocenters. The second kappa shape index (κ2) is 8.51. The minimum Gasteiger partial charge on any atom is -0.466 e. The van der Waals surface area contributed by atoms with Crippen molar-refractivity contribution in [2.24, 2.45) is 11.8 Å². The highest BCUT2D eigenvalue weighted by Gasteiger charge is 2.30. The van der Waals surface area contributed by atoms with Gasteiger partial charge in [-0.3, -0.25) is 9.59 Å². The highest BCUT2D eigenvalue weighted by Crippen LogP contribution is 2.29. The van der Waals surface area contributed by atoms with E-state index in [0.717, 1.165) is 24.9 Å². The van der Waals surface area contributed by atoms with E-state index in [4.69, 9.17) is 4.74 Å². The van der Waals surface area contributed by atoms with E-state index in [0.29, 0.717) is 25.5 Å². The minimum absolute atomic E-state index is 0.0706. The number of piperidine rings is 1. The fraction of sp³-hybridized carbons (Fsp3) is 0.474. The van der Waals surface area contributed by atoms with E-state index in [1.165, 1.54) is 0 Å². The number of hydrogen-bond donors (Lipinski definition) is 0. The van der Waals surface area contributed by atoms with Gasteiger partial charge in [0.1, 0.15) is 0 Å². The molecule has 4 heteroatoms. The van der Waals surface area contributed by atoms with E-state index >= 15 is 0 Å². The van der Waals surface area contributed by atoms with Crippen molar-refractivity contribution in [3.8, 4) is 0 Å². The zero-order valence-corrected chi connectivity index (χ0v) is 13.7. The molecule has 0 N–H and O–H groups in total. The highest BCUT2D eigenvalue weighted by molar-refractivity contribution is 5.94. The smallest absolute Gasteiger partial charge is 0.305 e. The van der Waals surface area contributed by atoms with Gasteiger partial charge < -0.3 is 9.64 Å². The van der Waals surface area contributed by atoms with E-state index < -0.39 is 0 Å². The van der Waals surface area contributed by atoms with Crippen LogP contribution in [0.3, 0.4) is 0 Å². The highest BCUT2D eigenvalue weighted by atomic mass is 16.5. The zero-order chi connectivity index (χ0) is 16.7. The van der Waals surface area contributed by atoms with Crippen LogP contribution in [0.2, 0.25) is 0 Å². The summed E-state index contributed by atoms with van der Waals surface area (Å²) in [5, 5.41) is 0. The van der Waals surface area contributed by atoms with Crippen LogP contribution in [0.4, 0.5) is 0 Å². The van der Waals surface area contributed by atoms with Crippen LogP contribution in [0.15, 0.2) is 43.0 Å². The molecule has 2 rings (SSSR count). The topological polar surface area (TPSA) is 46.6 Å². The van der Waals surface area contributed by atoms with Gasteiger partial charge in [-0.2, -0.15) is 0 Å². The average Bonchev–Trinajstić information content (AvgIpc) is 2.60. The number of carbonyl (C=O) groups excluding carboxylic acids is 2. The van der Waals surface area contributed by atoms with Crippen LogP contribution in [-0.2, 0) is 9.53 Å². The number of benzene rings is 1. The summed E-state index contributed by atoms with van der Waals surface area (Å²) in [5.74, 6) is 0.543. The number of rotatable bonds is 6. The lowest BCUT2D eigenvalue weighted by molar-refractivity contribution is -0.143.